The van der Waals surface area contributed by atoms with Crippen molar-refractivity contribution in [3.63, 3.8) is 0 Å². The van der Waals surface area contributed by atoms with E-state index in [1.54, 1.807) is 0 Å². The molecule has 3 nitrogen and oxygen atoms in total. The Kier molecular flexibility index (Phi) is 2.48. The fourth-order valence-corrected chi connectivity index (χ4v) is 2.49. The maximum absolute atomic E-state index is 4.51. The van der Waals surface area contributed by atoms with Gasteiger partial charge in [-0.1, -0.05) is 24.3 Å². The Labute approximate surface area is 101 Å². The van der Waals surface area contributed by atoms with Crippen molar-refractivity contribution >= 4 is 0 Å². The predicted octanol–water partition coefficient (Wildman–Crippen LogP) is 2.37. The summed E-state index contributed by atoms with van der Waals surface area (Å²) in [6, 6.07) is 8.45. The molecule has 0 spiro atoms. The summed E-state index contributed by atoms with van der Waals surface area (Å²) >= 11 is 0. The summed E-state index contributed by atoms with van der Waals surface area (Å²) in [5.74, 6) is 0. The zero-order chi connectivity index (χ0) is 11.8. The molecule has 1 aliphatic heterocycles. The van der Waals surface area contributed by atoms with Gasteiger partial charge in [-0.2, -0.15) is 5.10 Å². The van der Waals surface area contributed by atoms with E-state index in [2.05, 4.69) is 53.3 Å². The lowest BCUT2D eigenvalue weighted by atomic mass is 9.98. The molecule has 88 valence electrons. The van der Waals surface area contributed by atoms with Gasteiger partial charge in [0, 0.05) is 36.3 Å². The zero-order valence-corrected chi connectivity index (χ0v) is 10.3. The SMILES string of the molecule is Cc1ccccc1-c1n[nH]c2c1CN(C)CC2. The highest BCUT2D eigenvalue weighted by Gasteiger charge is 2.21. The second-order valence-electron chi connectivity index (χ2n) is 4.83. The Hall–Kier alpha value is -1.61. The molecule has 1 aromatic carbocycles. The summed E-state index contributed by atoms with van der Waals surface area (Å²) in [7, 11) is 2.16. The van der Waals surface area contributed by atoms with Crippen LogP contribution in [0.4, 0.5) is 0 Å². The number of hydrogen-bond acceptors (Lipinski definition) is 2. The first-order valence-electron chi connectivity index (χ1n) is 6.06. The van der Waals surface area contributed by atoms with Crippen molar-refractivity contribution in [1.82, 2.24) is 15.1 Å². The van der Waals surface area contributed by atoms with Crippen molar-refractivity contribution < 1.29 is 0 Å². The van der Waals surface area contributed by atoms with E-state index in [1.807, 2.05) is 0 Å². The van der Waals surface area contributed by atoms with E-state index in [4.69, 9.17) is 0 Å². The molecule has 0 radical (unpaired) electrons. The van der Waals surface area contributed by atoms with Crippen molar-refractivity contribution in [1.29, 1.82) is 0 Å². The lowest BCUT2D eigenvalue weighted by Crippen LogP contribution is -2.26. The third-order valence-corrected chi connectivity index (χ3v) is 3.52. The Morgan fingerprint density at radius 2 is 2.12 bits per heavy atom. The van der Waals surface area contributed by atoms with Gasteiger partial charge in [0.1, 0.15) is 0 Å². The monoisotopic (exact) mass is 227 g/mol. The predicted molar refractivity (Wildman–Crippen MR) is 68.8 cm³/mol. The topological polar surface area (TPSA) is 31.9 Å². The van der Waals surface area contributed by atoms with E-state index in [1.165, 1.54) is 22.4 Å². The number of aromatic amines is 1. The summed E-state index contributed by atoms with van der Waals surface area (Å²) in [5.41, 5.74) is 6.34. The molecular formula is C14H17N3. The first kappa shape index (κ1) is 10.5. The summed E-state index contributed by atoms with van der Waals surface area (Å²) < 4.78 is 0. The van der Waals surface area contributed by atoms with Gasteiger partial charge in [-0.15, -0.1) is 0 Å². The average molecular weight is 227 g/mol. The van der Waals surface area contributed by atoms with Crippen LogP contribution in [0, 0.1) is 6.92 Å². The van der Waals surface area contributed by atoms with Gasteiger partial charge in [0.05, 0.1) is 5.69 Å². The third-order valence-electron chi connectivity index (χ3n) is 3.52. The van der Waals surface area contributed by atoms with Gasteiger partial charge in [0.15, 0.2) is 0 Å². The number of rotatable bonds is 1. The van der Waals surface area contributed by atoms with Crippen molar-refractivity contribution in [3.8, 4) is 11.3 Å². The fraction of sp³-hybridized carbons (Fsp3) is 0.357. The molecule has 0 bridgehead atoms. The van der Waals surface area contributed by atoms with Crippen LogP contribution in [0.25, 0.3) is 11.3 Å². The molecule has 2 heterocycles. The average Bonchev–Trinajstić information content (AvgIpc) is 2.72. The third kappa shape index (κ3) is 1.76. The van der Waals surface area contributed by atoms with Crippen LogP contribution in [0.2, 0.25) is 0 Å². The minimum absolute atomic E-state index is 0.996. The molecule has 2 aromatic rings. The molecular weight excluding hydrogens is 210 g/mol. The van der Waals surface area contributed by atoms with Crippen LogP contribution in [-0.4, -0.2) is 28.7 Å². The largest absolute Gasteiger partial charge is 0.302 e. The van der Waals surface area contributed by atoms with E-state index in [9.17, 15) is 0 Å². The van der Waals surface area contributed by atoms with E-state index < -0.39 is 0 Å². The number of nitrogens with one attached hydrogen (secondary N) is 1. The minimum Gasteiger partial charge on any atom is -0.302 e. The second-order valence-corrected chi connectivity index (χ2v) is 4.83. The highest BCUT2D eigenvalue weighted by molar-refractivity contribution is 5.67. The first-order chi connectivity index (χ1) is 8.25. The minimum atomic E-state index is 0.996. The second kappa shape index (κ2) is 4.00. The zero-order valence-electron chi connectivity index (χ0n) is 10.3. The van der Waals surface area contributed by atoms with Crippen LogP contribution in [0.3, 0.4) is 0 Å². The Morgan fingerprint density at radius 3 is 2.94 bits per heavy atom. The molecule has 0 unspecified atom stereocenters. The molecule has 0 saturated carbocycles. The molecule has 0 aliphatic carbocycles. The quantitative estimate of drug-likeness (QED) is 0.811. The van der Waals surface area contributed by atoms with E-state index in [0.717, 1.165) is 25.2 Å². The fourth-order valence-electron chi connectivity index (χ4n) is 2.49. The van der Waals surface area contributed by atoms with Gasteiger partial charge in [0.2, 0.25) is 0 Å². The van der Waals surface area contributed by atoms with Gasteiger partial charge in [-0.05, 0) is 19.5 Å². The first-order valence-corrected chi connectivity index (χ1v) is 6.06. The molecule has 0 atom stereocenters. The van der Waals surface area contributed by atoms with Crippen LogP contribution in [0.1, 0.15) is 16.8 Å². The molecule has 1 N–H and O–H groups in total. The molecule has 1 aliphatic rings. The van der Waals surface area contributed by atoms with Crippen LogP contribution in [0.5, 0.6) is 0 Å². The molecule has 3 heteroatoms. The van der Waals surface area contributed by atoms with Crippen LogP contribution in [-0.2, 0) is 13.0 Å². The molecule has 3 rings (SSSR count). The smallest absolute Gasteiger partial charge is 0.0971 e. The maximum atomic E-state index is 4.51. The molecule has 0 saturated heterocycles. The summed E-state index contributed by atoms with van der Waals surface area (Å²) in [4.78, 5) is 2.35. The standard InChI is InChI=1S/C14H17N3/c1-10-5-3-4-6-11(10)14-12-9-17(2)8-7-13(12)15-16-14/h3-6H,7-9H2,1-2H3,(H,15,16). The van der Waals surface area contributed by atoms with Crippen LogP contribution < -0.4 is 0 Å². The molecule has 0 amide bonds. The number of aryl methyl sites for hydroxylation is 1. The number of aromatic nitrogens is 2. The van der Waals surface area contributed by atoms with Gasteiger partial charge < -0.3 is 4.90 Å². The highest BCUT2D eigenvalue weighted by Crippen LogP contribution is 2.29. The van der Waals surface area contributed by atoms with Gasteiger partial charge in [-0.3, -0.25) is 5.10 Å². The number of H-pyrrole nitrogens is 1. The van der Waals surface area contributed by atoms with Crippen molar-refractivity contribution in [2.45, 2.75) is 19.9 Å². The maximum Gasteiger partial charge on any atom is 0.0971 e. The van der Waals surface area contributed by atoms with E-state index in [0.29, 0.717) is 0 Å². The lowest BCUT2D eigenvalue weighted by Gasteiger charge is -2.22. The van der Waals surface area contributed by atoms with E-state index in [-0.39, 0.29) is 0 Å². The van der Waals surface area contributed by atoms with Gasteiger partial charge >= 0.3 is 0 Å². The Morgan fingerprint density at radius 1 is 1.29 bits per heavy atom. The van der Waals surface area contributed by atoms with Crippen molar-refractivity contribution in [2.24, 2.45) is 0 Å². The normalized spacial score (nSPS) is 15.9. The van der Waals surface area contributed by atoms with Gasteiger partial charge in [-0.25, -0.2) is 0 Å². The summed E-state index contributed by atoms with van der Waals surface area (Å²) in [6.07, 6.45) is 1.07. The Bertz CT molecular complexity index is 542. The number of hydrogen-bond donors (Lipinski definition) is 1. The van der Waals surface area contributed by atoms with Gasteiger partial charge in [0.25, 0.3) is 0 Å². The van der Waals surface area contributed by atoms with Crippen LogP contribution >= 0.6 is 0 Å². The van der Waals surface area contributed by atoms with Crippen LogP contribution in [0.15, 0.2) is 24.3 Å². The summed E-state index contributed by atoms with van der Waals surface area (Å²) in [6.45, 7) is 4.25. The summed E-state index contributed by atoms with van der Waals surface area (Å²) in [5, 5.41) is 7.71. The van der Waals surface area contributed by atoms with E-state index >= 15 is 0 Å². The lowest BCUT2D eigenvalue weighted by molar-refractivity contribution is 0.312. The molecule has 1 aromatic heterocycles. The highest BCUT2D eigenvalue weighted by atomic mass is 15.2. The Balaban J connectivity index is 2.11. The number of likely N-dealkylation sites (N-methyl/N-ethyl adjacent to an activating group) is 1. The molecule has 0 fully saturated rings. The number of benzene rings is 1. The number of fused-ring (bicyclic) bond motifs is 1. The molecule has 17 heavy (non-hydrogen) atoms. The van der Waals surface area contributed by atoms with Crippen molar-refractivity contribution in [2.75, 3.05) is 13.6 Å². The number of nitrogens with zero attached hydrogens (tertiary/aromatic N) is 2. The van der Waals surface area contributed by atoms with Crippen molar-refractivity contribution in [3.05, 3.63) is 41.1 Å².